The Bertz CT molecular complexity index is 590. The Kier molecular flexibility index (Phi) is 4.39. The third-order valence-corrected chi connectivity index (χ3v) is 3.84. The highest BCUT2D eigenvalue weighted by atomic mass is 32.2. The summed E-state index contributed by atoms with van der Waals surface area (Å²) in [4.78, 5) is 36.4. The Balaban J connectivity index is 2.14. The maximum atomic E-state index is 12.1. The van der Waals surface area contributed by atoms with Crippen molar-refractivity contribution in [1.82, 2.24) is 4.90 Å². The van der Waals surface area contributed by atoms with Gasteiger partial charge in [-0.15, -0.1) is 0 Å². The molecule has 1 heterocycles. The topological polar surface area (TPSA) is 54.5 Å². The zero-order valence-corrected chi connectivity index (χ0v) is 12.2. The minimum atomic E-state index is -0.318. The number of amides is 2. The van der Waals surface area contributed by atoms with Gasteiger partial charge >= 0.3 is 0 Å². The highest BCUT2D eigenvalue weighted by Gasteiger charge is 2.34. The number of rotatable bonds is 4. The number of Topliss-reactive ketones (excluding diaryl/α,β-unsaturated/α-hetero) is 1. The minimum absolute atomic E-state index is 0.0356. The molecule has 0 atom stereocenters. The van der Waals surface area contributed by atoms with Gasteiger partial charge in [0, 0.05) is 13.0 Å². The average Bonchev–Trinajstić information content (AvgIpc) is 2.65. The van der Waals surface area contributed by atoms with E-state index in [1.807, 2.05) is 31.2 Å². The number of thioether (sulfide) groups is 1. The molecular formula is C15H15NO3S. The van der Waals surface area contributed by atoms with E-state index in [2.05, 4.69) is 0 Å². The number of nitrogens with zero attached hydrogens (tertiary/aromatic N) is 1. The number of hydrogen-bond donors (Lipinski definition) is 0. The molecule has 20 heavy (non-hydrogen) atoms. The standard InChI is InChI=1S/C15H15NO3S/c1-10-3-5-12(6-4-10)9-13-14(18)16(15(19)20-13)8-7-11(2)17/h3-6,9H,7-8H2,1-2H3/b13-9-. The number of benzene rings is 1. The molecule has 1 aliphatic heterocycles. The van der Waals surface area contributed by atoms with Crippen LogP contribution in [-0.4, -0.2) is 28.4 Å². The van der Waals surface area contributed by atoms with Crippen molar-refractivity contribution in [3.63, 3.8) is 0 Å². The van der Waals surface area contributed by atoms with Crippen molar-refractivity contribution in [3.8, 4) is 0 Å². The van der Waals surface area contributed by atoms with Crippen LogP contribution in [0.1, 0.15) is 24.5 Å². The number of carbonyl (C=O) groups is 3. The van der Waals surface area contributed by atoms with Crippen LogP contribution in [0.2, 0.25) is 0 Å². The summed E-state index contributed by atoms with van der Waals surface area (Å²) >= 11 is 0.920. The number of aryl methyl sites for hydroxylation is 1. The molecule has 2 rings (SSSR count). The maximum absolute atomic E-state index is 12.1. The fourth-order valence-electron chi connectivity index (χ4n) is 1.78. The highest BCUT2D eigenvalue weighted by molar-refractivity contribution is 8.18. The summed E-state index contributed by atoms with van der Waals surface area (Å²) in [5.74, 6) is -0.353. The van der Waals surface area contributed by atoms with Gasteiger partial charge in [0.1, 0.15) is 5.78 Å². The Morgan fingerprint density at radius 3 is 2.50 bits per heavy atom. The van der Waals surface area contributed by atoms with Gasteiger partial charge < -0.3 is 0 Å². The van der Waals surface area contributed by atoms with Gasteiger partial charge in [0.05, 0.1) is 4.91 Å². The molecular weight excluding hydrogens is 274 g/mol. The summed E-state index contributed by atoms with van der Waals surface area (Å²) in [5.41, 5.74) is 2.02. The van der Waals surface area contributed by atoms with Crippen LogP contribution in [0.3, 0.4) is 0 Å². The van der Waals surface area contributed by atoms with E-state index in [1.54, 1.807) is 6.08 Å². The molecule has 0 N–H and O–H groups in total. The van der Waals surface area contributed by atoms with E-state index < -0.39 is 0 Å². The number of carbonyl (C=O) groups excluding carboxylic acids is 3. The zero-order valence-electron chi connectivity index (χ0n) is 11.4. The third kappa shape index (κ3) is 3.36. The van der Waals surface area contributed by atoms with Gasteiger partial charge in [0.15, 0.2) is 0 Å². The average molecular weight is 289 g/mol. The van der Waals surface area contributed by atoms with E-state index >= 15 is 0 Å². The first kappa shape index (κ1) is 14.5. The lowest BCUT2D eigenvalue weighted by Gasteiger charge is -2.10. The molecule has 0 bridgehead atoms. The molecule has 1 aromatic rings. The van der Waals surface area contributed by atoms with Gasteiger partial charge in [-0.25, -0.2) is 0 Å². The quantitative estimate of drug-likeness (QED) is 0.800. The van der Waals surface area contributed by atoms with Gasteiger partial charge in [-0.05, 0) is 37.2 Å². The monoisotopic (exact) mass is 289 g/mol. The summed E-state index contributed by atoms with van der Waals surface area (Å²) in [6, 6.07) is 7.70. The minimum Gasteiger partial charge on any atom is -0.300 e. The fraction of sp³-hybridized carbons (Fsp3) is 0.267. The molecule has 1 saturated heterocycles. The molecule has 0 saturated carbocycles. The zero-order chi connectivity index (χ0) is 14.7. The Morgan fingerprint density at radius 2 is 1.90 bits per heavy atom. The van der Waals surface area contributed by atoms with Crippen molar-refractivity contribution >= 4 is 34.8 Å². The first-order valence-corrected chi connectivity index (χ1v) is 7.10. The SMILES string of the molecule is CC(=O)CCN1C(=O)S/C(=C\c2ccc(C)cc2)C1=O. The second-order valence-electron chi connectivity index (χ2n) is 4.70. The van der Waals surface area contributed by atoms with Gasteiger partial charge in [0.2, 0.25) is 0 Å². The Labute approximate surface area is 121 Å². The van der Waals surface area contributed by atoms with Gasteiger partial charge in [-0.2, -0.15) is 0 Å². The van der Waals surface area contributed by atoms with Crippen LogP contribution in [0, 0.1) is 6.92 Å². The van der Waals surface area contributed by atoms with E-state index in [0.717, 1.165) is 27.8 Å². The van der Waals surface area contributed by atoms with E-state index in [-0.39, 0.29) is 29.9 Å². The second kappa shape index (κ2) is 6.05. The number of imide groups is 1. The summed E-state index contributed by atoms with van der Waals surface area (Å²) in [6.45, 7) is 3.59. The maximum Gasteiger partial charge on any atom is 0.293 e. The molecule has 1 aromatic carbocycles. The molecule has 0 aliphatic carbocycles. The third-order valence-electron chi connectivity index (χ3n) is 2.94. The first-order valence-electron chi connectivity index (χ1n) is 6.29. The lowest BCUT2D eigenvalue weighted by Crippen LogP contribution is -2.30. The summed E-state index contributed by atoms with van der Waals surface area (Å²) < 4.78 is 0. The van der Waals surface area contributed by atoms with Crippen molar-refractivity contribution in [2.45, 2.75) is 20.3 Å². The summed E-state index contributed by atoms with van der Waals surface area (Å²) in [6.07, 6.45) is 1.91. The summed E-state index contributed by atoms with van der Waals surface area (Å²) in [7, 11) is 0. The molecule has 0 aromatic heterocycles. The second-order valence-corrected chi connectivity index (χ2v) is 5.69. The lowest BCUT2D eigenvalue weighted by molar-refractivity contribution is -0.123. The van der Waals surface area contributed by atoms with Crippen LogP contribution in [0.4, 0.5) is 4.79 Å². The predicted octanol–water partition coefficient (Wildman–Crippen LogP) is 3.01. The molecule has 4 nitrogen and oxygen atoms in total. The molecule has 1 aliphatic rings. The molecule has 0 radical (unpaired) electrons. The smallest absolute Gasteiger partial charge is 0.293 e. The Hall–Kier alpha value is -1.88. The molecule has 5 heteroatoms. The van der Waals surface area contributed by atoms with E-state index in [0.29, 0.717) is 4.91 Å². The van der Waals surface area contributed by atoms with Crippen LogP contribution < -0.4 is 0 Å². The largest absolute Gasteiger partial charge is 0.300 e. The number of ketones is 1. The summed E-state index contributed by atoms with van der Waals surface area (Å²) in [5, 5.41) is -0.311. The van der Waals surface area contributed by atoms with E-state index in [1.165, 1.54) is 6.92 Å². The van der Waals surface area contributed by atoms with Crippen LogP contribution >= 0.6 is 11.8 Å². The van der Waals surface area contributed by atoms with Crippen molar-refractivity contribution in [2.24, 2.45) is 0 Å². The van der Waals surface area contributed by atoms with E-state index in [9.17, 15) is 14.4 Å². The van der Waals surface area contributed by atoms with Crippen molar-refractivity contribution in [3.05, 3.63) is 40.3 Å². The lowest BCUT2D eigenvalue weighted by atomic mass is 10.1. The molecule has 0 spiro atoms. The van der Waals surface area contributed by atoms with Crippen LogP contribution in [0.15, 0.2) is 29.2 Å². The van der Waals surface area contributed by atoms with Crippen molar-refractivity contribution in [2.75, 3.05) is 6.54 Å². The van der Waals surface area contributed by atoms with E-state index in [4.69, 9.17) is 0 Å². The van der Waals surface area contributed by atoms with Crippen LogP contribution in [0.25, 0.3) is 6.08 Å². The fourth-order valence-corrected chi connectivity index (χ4v) is 2.64. The number of hydrogen-bond acceptors (Lipinski definition) is 4. The van der Waals surface area contributed by atoms with Gasteiger partial charge in [-0.1, -0.05) is 29.8 Å². The Morgan fingerprint density at radius 1 is 1.25 bits per heavy atom. The predicted molar refractivity (Wildman–Crippen MR) is 79.2 cm³/mol. The highest BCUT2D eigenvalue weighted by Crippen LogP contribution is 2.32. The van der Waals surface area contributed by atoms with Gasteiger partial charge in [-0.3, -0.25) is 19.3 Å². The van der Waals surface area contributed by atoms with Gasteiger partial charge in [0.25, 0.3) is 11.1 Å². The van der Waals surface area contributed by atoms with Crippen molar-refractivity contribution < 1.29 is 14.4 Å². The molecule has 0 unspecified atom stereocenters. The first-order chi connectivity index (χ1) is 9.47. The molecule has 104 valence electrons. The normalized spacial score (nSPS) is 17.1. The molecule has 2 amide bonds. The molecule has 1 fully saturated rings. The van der Waals surface area contributed by atoms with Crippen LogP contribution in [0.5, 0.6) is 0 Å². The van der Waals surface area contributed by atoms with Crippen LogP contribution in [-0.2, 0) is 9.59 Å². The van der Waals surface area contributed by atoms with Crippen molar-refractivity contribution in [1.29, 1.82) is 0 Å².